The van der Waals surface area contributed by atoms with Crippen LogP contribution in [0.15, 0.2) is 42.5 Å². The Bertz CT molecular complexity index is 1050. The largest absolute Gasteiger partial charge is 0.452 e. The number of nitrogens with one attached hydrogen (secondary N) is 1. The third-order valence-corrected chi connectivity index (χ3v) is 4.52. The summed E-state index contributed by atoms with van der Waals surface area (Å²) < 4.78 is 5.09. The number of nitrogens with zero attached hydrogens (tertiary/aromatic N) is 1. The SMILES string of the molecule is Cc1nc2ccc(Cl)cc2cc1C(=O)OCC(=O)Nc1cc(Cl)ccc1Cl. The molecule has 5 nitrogen and oxygen atoms in total. The third-order valence-electron chi connectivity index (χ3n) is 3.72. The van der Waals surface area contributed by atoms with Crippen LogP contribution in [0.25, 0.3) is 10.9 Å². The van der Waals surface area contributed by atoms with Gasteiger partial charge in [-0.3, -0.25) is 9.78 Å². The molecular formula is C19H13Cl3N2O3. The first-order chi connectivity index (χ1) is 12.8. The number of pyridine rings is 1. The Morgan fingerprint density at radius 2 is 1.74 bits per heavy atom. The van der Waals surface area contributed by atoms with E-state index < -0.39 is 18.5 Å². The van der Waals surface area contributed by atoms with Crippen LogP contribution in [0.3, 0.4) is 0 Å². The summed E-state index contributed by atoms with van der Waals surface area (Å²) >= 11 is 17.8. The number of benzene rings is 2. The van der Waals surface area contributed by atoms with Gasteiger partial charge in [0, 0.05) is 15.4 Å². The molecule has 27 heavy (non-hydrogen) atoms. The van der Waals surface area contributed by atoms with Gasteiger partial charge in [-0.1, -0.05) is 34.8 Å². The lowest BCUT2D eigenvalue weighted by Gasteiger charge is -2.10. The number of rotatable bonds is 4. The fraction of sp³-hybridized carbons (Fsp3) is 0.105. The zero-order valence-electron chi connectivity index (χ0n) is 14.1. The van der Waals surface area contributed by atoms with Crippen LogP contribution in [-0.4, -0.2) is 23.5 Å². The van der Waals surface area contributed by atoms with Gasteiger partial charge < -0.3 is 10.1 Å². The molecule has 1 amide bonds. The Balaban J connectivity index is 1.70. The molecule has 1 heterocycles. The fourth-order valence-electron chi connectivity index (χ4n) is 2.44. The Morgan fingerprint density at radius 1 is 1.04 bits per heavy atom. The average Bonchev–Trinajstić information content (AvgIpc) is 2.62. The van der Waals surface area contributed by atoms with Gasteiger partial charge in [0.2, 0.25) is 0 Å². The lowest BCUT2D eigenvalue weighted by molar-refractivity contribution is -0.119. The number of aromatic nitrogens is 1. The lowest BCUT2D eigenvalue weighted by atomic mass is 10.1. The van der Waals surface area contributed by atoms with Crippen molar-refractivity contribution in [1.29, 1.82) is 0 Å². The second-order valence-electron chi connectivity index (χ2n) is 5.71. The molecule has 138 valence electrons. The maximum Gasteiger partial charge on any atom is 0.340 e. The van der Waals surface area contributed by atoms with Gasteiger partial charge in [-0.2, -0.15) is 0 Å². The first-order valence-corrected chi connectivity index (χ1v) is 8.96. The summed E-state index contributed by atoms with van der Waals surface area (Å²) in [5.74, 6) is -1.20. The molecule has 0 unspecified atom stereocenters. The van der Waals surface area contributed by atoms with Gasteiger partial charge in [0.1, 0.15) is 0 Å². The first kappa shape index (κ1) is 19.4. The molecule has 0 spiro atoms. The highest BCUT2D eigenvalue weighted by Crippen LogP contribution is 2.25. The van der Waals surface area contributed by atoms with Crippen LogP contribution in [0.4, 0.5) is 5.69 Å². The summed E-state index contributed by atoms with van der Waals surface area (Å²) in [4.78, 5) is 28.7. The normalized spacial score (nSPS) is 10.7. The lowest BCUT2D eigenvalue weighted by Crippen LogP contribution is -2.21. The number of amides is 1. The molecule has 3 aromatic rings. The van der Waals surface area contributed by atoms with Gasteiger partial charge in [0.05, 0.1) is 27.5 Å². The third kappa shape index (κ3) is 4.69. The van der Waals surface area contributed by atoms with E-state index in [1.165, 1.54) is 6.07 Å². The van der Waals surface area contributed by atoms with E-state index in [1.54, 1.807) is 43.3 Å². The van der Waals surface area contributed by atoms with Crippen molar-refractivity contribution in [2.75, 3.05) is 11.9 Å². The maximum atomic E-state index is 12.3. The summed E-state index contributed by atoms with van der Waals surface area (Å²) in [6, 6.07) is 11.5. The molecule has 0 radical (unpaired) electrons. The minimum Gasteiger partial charge on any atom is -0.452 e. The summed E-state index contributed by atoms with van der Waals surface area (Å²) in [7, 11) is 0. The van der Waals surface area contributed by atoms with Gasteiger partial charge in [0.15, 0.2) is 6.61 Å². The summed E-state index contributed by atoms with van der Waals surface area (Å²) in [6.45, 7) is 1.21. The zero-order valence-corrected chi connectivity index (χ0v) is 16.3. The van der Waals surface area contributed by atoms with Crippen molar-refractivity contribution in [3.8, 4) is 0 Å². The van der Waals surface area contributed by atoms with Crippen molar-refractivity contribution in [2.45, 2.75) is 6.92 Å². The Hall–Kier alpha value is -2.34. The number of hydrogen-bond donors (Lipinski definition) is 1. The molecule has 2 aromatic carbocycles. The van der Waals surface area contributed by atoms with Crippen molar-refractivity contribution in [1.82, 2.24) is 4.98 Å². The second kappa shape index (κ2) is 8.13. The monoisotopic (exact) mass is 422 g/mol. The first-order valence-electron chi connectivity index (χ1n) is 7.82. The van der Waals surface area contributed by atoms with Crippen LogP contribution in [-0.2, 0) is 9.53 Å². The van der Waals surface area contributed by atoms with E-state index >= 15 is 0 Å². The number of carbonyl (C=O) groups excluding carboxylic acids is 2. The highest BCUT2D eigenvalue weighted by atomic mass is 35.5. The van der Waals surface area contributed by atoms with Crippen molar-refractivity contribution < 1.29 is 14.3 Å². The number of fused-ring (bicyclic) bond motifs is 1. The number of halogens is 3. The van der Waals surface area contributed by atoms with E-state index in [0.717, 1.165) is 0 Å². The summed E-state index contributed by atoms with van der Waals surface area (Å²) in [5.41, 5.74) is 1.80. The van der Waals surface area contributed by atoms with E-state index in [-0.39, 0.29) is 5.56 Å². The smallest absolute Gasteiger partial charge is 0.340 e. The predicted octanol–water partition coefficient (Wildman–Crippen LogP) is 5.30. The van der Waals surface area contributed by atoms with E-state index in [2.05, 4.69) is 10.3 Å². The number of carbonyl (C=O) groups is 2. The van der Waals surface area contributed by atoms with Gasteiger partial charge in [0.25, 0.3) is 5.91 Å². The summed E-state index contributed by atoms with van der Waals surface area (Å²) in [5, 5.41) is 4.52. The zero-order chi connectivity index (χ0) is 19.6. The van der Waals surface area contributed by atoms with E-state index in [1.807, 2.05) is 0 Å². The van der Waals surface area contributed by atoms with Gasteiger partial charge in [-0.05, 0) is 49.4 Å². The molecule has 0 saturated heterocycles. The van der Waals surface area contributed by atoms with E-state index in [4.69, 9.17) is 39.5 Å². The molecule has 0 bridgehead atoms. The van der Waals surface area contributed by atoms with Gasteiger partial charge in [-0.25, -0.2) is 4.79 Å². The molecule has 0 atom stereocenters. The molecule has 3 rings (SSSR count). The van der Waals surface area contributed by atoms with Crippen LogP contribution in [0.2, 0.25) is 15.1 Å². The molecule has 1 aromatic heterocycles. The average molecular weight is 424 g/mol. The topological polar surface area (TPSA) is 68.3 Å². The standard InChI is InChI=1S/C19H13Cl3N2O3/c1-10-14(7-11-6-12(20)3-5-16(11)23-10)19(26)27-9-18(25)24-17-8-13(21)2-4-15(17)22/h2-8H,9H2,1H3,(H,24,25). The molecule has 0 fully saturated rings. The maximum absolute atomic E-state index is 12.3. The summed E-state index contributed by atoms with van der Waals surface area (Å²) in [6.07, 6.45) is 0. The van der Waals surface area contributed by atoms with Crippen LogP contribution in [0.1, 0.15) is 16.1 Å². The van der Waals surface area contributed by atoms with Crippen LogP contribution in [0, 0.1) is 6.92 Å². The van der Waals surface area contributed by atoms with Crippen molar-refractivity contribution >= 4 is 63.3 Å². The Labute approximate surface area is 170 Å². The van der Waals surface area contributed by atoms with E-state index in [0.29, 0.717) is 37.4 Å². The number of esters is 1. The molecule has 0 aliphatic heterocycles. The minimum atomic E-state index is -0.658. The van der Waals surface area contributed by atoms with E-state index in [9.17, 15) is 9.59 Å². The van der Waals surface area contributed by atoms with Gasteiger partial charge >= 0.3 is 5.97 Å². The predicted molar refractivity (Wildman–Crippen MR) is 107 cm³/mol. The van der Waals surface area contributed by atoms with Crippen LogP contribution < -0.4 is 5.32 Å². The molecule has 8 heteroatoms. The highest BCUT2D eigenvalue weighted by molar-refractivity contribution is 6.35. The molecule has 0 aliphatic carbocycles. The second-order valence-corrected chi connectivity index (χ2v) is 6.99. The van der Waals surface area contributed by atoms with Crippen molar-refractivity contribution in [2.24, 2.45) is 0 Å². The van der Waals surface area contributed by atoms with Crippen LogP contribution >= 0.6 is 34.8 Å². The number of aryl methyl sites for hydroxylation is 1. The molecule has 0 aliphatic rings. The number of hydrogen-bond acceptors (Lipinski definition) is 4. The van der Waals surface area contributed by atoms with Crippen molar-refractivity contribution in [3.05, 3.63) is 68.8 Å². The quantitative estimate of drug-likeness (QED) is 0.578. The number of ether oxygens (including phenoxy) is 1. The van der Waals surface area contributed by atoms with Crippen LogP contribution in [0.5, 0.6) is 0 Å². The van der Waals surface area contributed by atoms with Gasteiger partial charge in [-0.15, -0.1) is 0 Å². The highest BCUT2D eigenvalue weighted by Gasteiger charge is 2.16. The molecule has 1 N–H and O–H groups in total. The molecule has 0 saturated carbocycles. The fourth-order valence-corrected chi connectivity index (χ4v) is 2.96. The molecular weight excluding hydrogens is 411 g/mol. The minimum absolute atomic E-state index is 0.262. The number of anilines is 1. The Morgan fingerprint density at radius 3 is 2.52 bits per heavy atom. The Kier molecular flexibility index (Phi) is 5.85. The van der Waals surface area contributed by atoms with Crippen molar-refractivity contribution in [3.63, 3.8) is 0 Å².